The van der Waals surface area contributed by atoms with E-state index in [1.54, 1.807) is 17.9 Å². The van der Waals surface area contributed by atoms with Gasteiger partial charge in [-0.05, 0) is 38.0 Å². The number of amides is 2. The molecule has 0 spiro atoms. The third-order valence-corrected chi connectivity index (χ3v) is 7.41. The Morgan fingerprint density at radius 3 is 2.43 bits per heavy atom. The van der Waals surface area contributed by atoms with Gasteiger partial charge in [0.05, 0.1) is 12.3 Å². The zero-order valence-corrected chi connectivity index (χ0v) is 18.5. The second kappa shape index (κ2) is 8.00. The number of piperazine rings is 1. The molecule has 0 unspecified atom stereocenters. The number of carbonyl (C=O) groups excluding carboxylic acids is 2. The summed E-state index contributed by atoms with van der Waals surface area (Å²) in [5.41, 5.74) is 1.30. The molecule has 1 aromatic rings. The number of benzene rings is 1. The highest BCUT2D eigenvalue weighted by atomic mass is 79.9. The van der Waals surface area contributed by atoms with Crippen molar-refractivity contribution in [2.24, 2.45) is 0 Å². The summed E-state index contributed by atoms with van der Waals surface area (Å²) in [4.78, 5) is 27.2. The quantitative estimate of drug-likeness (QED) is 0.671. The van der Waals surface area contributed by atoms with E-state index in [-0.39, 0.29) is 49.6 Å². The predicted octanol–water partition coefficient (Wildman–Crippen LogP) is 2.21. The molecule has 2 heterocycles. The van der Waals surface area contributed by atoms with Gasteiger partial charge < -0.3 is 14.5 Å². The van der Waals surface area contributed by atoms with Crippen LogP contribution in [0.1, 0.15) is 26.3 Å². The average Bonchev–Trinajstić information content (AvgIpc) is 2.96. The van der Waals surface area contributed by atoms with E-state index in [9.17, 15) is 18.0 Å². The number of anilines is 1. The van der Waals surface area contributed by atoms with Crippen molar-refractivity contribution >= 4 is 43.6 Å². The zero-order chi connectivity index (χ0) is 20.6. The molecule has 2 amide bonds. The fourth-order valence-electron chi connectivity index (χ4n) is 3.82. The molecule has 0 N–H and O–H groups in total. The first kappa shape index (κ1) is 21.1. The Balaban J connectivity index is 1.92. The van der Waals surface area contributed by atoms with Gasteiger partial charge in [-0.15, -0.1) is 0 Å². The lowest BCUT2D eigenvalue weighted by Crippen LogP contribution is -2.50. The van der Waals surface area contributed by atoms with Gasteiger partial charge in [-0.1, -0.05) is 15.9 Å². The Kier molecular flexibility index (Phi) is 6.02. The van der Waals surface area contributed by atoms with Gasteiger partial charge in [0.2, 0.25) is 15.9 Å². The van der Waals surface area contributed by atoms with E-state index < -0.39 is 16.1 Å². The highest BCUT2D eigenvalue weighted by Gasteiger charge is 2.38. The van der Waals surface area contributed by atoms with Crippen LogP contribution in [0.15, 0.2) is 21.5 Å². The fraction of sp³-hybridized carbons (Fsp3) is 0.556. The van der Waals surface area contributed by atoms with Gasteiger partial charge in [-0.25, -0.2) is 13.2 Å². The van der Waals surface area contributed by atoms with E-state index >= 15 is 0 Å². The summed E-state index contributed by atoms with van der Waals surface area (Å²) in [6, 6.07) is 3.32. The van der Waals surface area contributed by atoms with Crippen molar-refractivity contribution in [2.75, 3.05) is 37.7 Å². The molecule has 0 bridgehead atoms. The highest BCUT2D eigenvalue weighted by molar-refractivity contribution is 9.10. The maximum atomic E-state index is 13.4. The minimum Gasteiger partial charge on any atom is -0.450 e. The minimum absolute atomic E-state index is 0.101. The van der Waals surface area contributed by atoms with E-state index in [0.717, 1.165) is 5.56 Å². The lowest BCUT2D eigenvalue weighted by atomic mass is 10.1. The van der Waals surface area contributed by atoms with E-state index in [0.29, 0.717) is 16.6 Å². The number of sulfonamides is 1. The number of fused-ring (bicyclic) bond motifs is 1. The van der Waals surface area contributed by atoms with Gasteiger partial charge in [-0.2, -0.15) is 4.31 Å². The number of hydrogen-bond donors (Lipinski definition) is 0. The molecule has 0 aromatic heterocycles. The molecule has 1 aromatic carbocycles. The molecule has 0 saturated carbocycles. The summed E-state index contributed by atoms with van der Waals surface area (Å²) in [5.74, 6) is -0.183. The monoisotopic (exact) mass is 473 g/mol. The maximum absolute atomic E-state index is 13.4. The van der Waals surface area contributed by atoms with Crippen LogP contribution in [0.5, 0.6) is 0 Å². The third kappa shape index (κ3) is 3.77. The van der Waals surface area contributed by atoms with Gasteiger partial charge >= 0.3 is 6.09 Å². The number of hydrogen-bond acceptors (Lipinski definition) is 5. The second-order valence-electron chi connectivity index (χ2n) is 6.94. The van der Waals surface area contributed by atoms with Gasteiger partial charge in [0.15, 0.2) is 0 Å². The van der Waals surface area contributed by atoms with E-state index in [4.69, 9.17) is 4.74 Å². The Bertz CT molecular complexity index is 897. The smallest absolute Gasteiger partial charge is 0.409 e. The van der Waals surface area contributed by atoms with Crippen LogP contribution in [-0.4, -0.2) is 68.5 Å². The lowest BCUT2D eigenvalue weighted by Gasteiger charge is -2.34. The molecule has 0 radical (unpaired) electrons. The van der Waals surface area contributed by atoms with Gasteiger partial charge in [-0.3, -0.25) is 4.79 Å². The van der Waals surface area contributed by atoms with Crippen molar-refractivity contribution in [3.63, 3.8) is 0 Å². The van der Waals surface area contributed by atoms with Gasteiger partial charge in [0.25, 0.3) is 0 Å². The molecule has 1 fully saturated rings. The Labute approximate surface area is 173 Å². The van der Waals surface area contributed by atoms with E-state index in [2.05, 4.69) is 15.9 Å². The van der Waals surface area contributed by atoms with Crippen LogP contribution in [0.25, 0.3) is 0 Å². The molecule has 2 aliphatic rings. The average molecular weight is 474 g/mol. The van der Waals surface area contributed by atoms with Crippen LogP contribution in [-0.2, 0) is 26.0 Å². The largest absolute Gasteiger partial charge is 0.450 e. The summed E-state index contributed by atoms with van der Waals surface area (Å²) >= 11 is 3.40. The first-order valence-electron chi connectivity index (χ1n) is 9.20. The van der Waals surface area contributed by atoms with Gasteiger partial charge in [0, 0.05) is 43.6 Å². The highest BCUT2D eigenvalue weighted by Crippen LogP contribution is 2.41. The van der Waals surface area contributed by atoms with E-state index in [1.807, 2.05) is 13.0 Å². The van der Waals surface area contributed by atoms with Crippen LogP contribution in [0, 0.1) is 0 Å². The summed E-state index contributed by atoms with van der Waals surface area (Å²) in [6.45, 7) is 6.25. The Morgan fingerprint density at radius 1 is 1.21 bits per heavy atom. The molecular formula is C18H24BrN3O5S. The Hall–Kier alpha value is -1.65. The molecule has 10 heteroatoms. The van der Waals surface area contributed by atoms with Crippen molar-refractivity contribution in [2.45, 2.75) is 38.1 Å². The molecule has 1 atom stereocenters. The van der Waals surface area contributed by atoms with Crippen LogP contribution < -0.4 is 4.90 Å². The van der Waals surface area contributed by atoms with Crippen LogP contribution in [0.3, 0.4) is 0 Å². The standard InChI is InChI=1S/C18H24BrN3O5S/c1-4-27-18(24)20-5-7-21(8-6-20)28(25,26)16-11-15(19)10-14-9-12(2)22(13(3)23)17(14)16/h10-12H,4-9H2,1-3H3/t12-/m1/s1. The maximum Gasteiger partial charge on any atom is 0.409 e. The molecule has 3 rings (SSSR count). The van der Waals surface area contributed by atoms with Crippen molar-refractivity contribution in [3.05, 3.63) is 22.2 Å². The molecular weight excluding hydrogens is 450 g/mol. The van der Waals surface area contributed by atoms with Gasteiger partial charge in [0.1, 0.15) is 4.90 Å². The van der Waals surface area contributed by atoms with Crippen LogP contribution in [0.4, 0.5) is 10.5 Å². The number of ether oxygens (including phenoxy) is 1. The fourth-order valence-corrected chi connectivity index (χ4v) is 6.15. The first-order valence-corrected chi connectivity index (χ1v) is 11.4. The third-order valence-electron chi connectivity index (χ3n) is 5.04. The SMILES string of the molecule is CCOC(=O)N1CCN(S(=O)(=O)c2cc(Br)cc3c2N(C(C)=O)[C@H](C)C3)CC1. The molecule has 2 aliphatic heterocycles. The molecule has 8 nitrogen and oxygen atoms in total. The lowest BCUT2D eigenvalue weighted by molar-refractivity contribution is -0.116. The number of halogens is 1. The van der Waals surface area contributed by atoms with Crippen molar-refractivity contribution in [1.29, 1.82) is 0 Å². The van der Waals surface area contributed by atoms with Crippen molar-refractivity contribution < 1.29 is 22.7 Å². The van der Waals surface area contributed by atoms with Crippen molar-refractivity contribution in [3.8, 4) is 0 Å². The molecule has 1 saturated heterocycles. The summed E-state index contributed by atoms with van der Waals surface area (Å²) in [7, 11) is -3.83. The molecule has 28 heavy (non-hydrogen) atoms. The first-order chi connectivity index (χ1) is 13.2. The number of rotatable bonds is 3. The minimum atomic E-state index is -3.83. The van der Waals surface area contributed by atoms with Crippen LogP contribution >= 0.6 is 15.9 Å². The molecule has 154 valence electrons. The zero-order valence-electron chi connectivity index (χ0n) is 16.1. The normalized spacial score (nSPS) is 20.2. The Morgan fingerprint density at radius 2 is 1.86 bits per heavy atom. The summed E-state index contributed by atoms with van der Waals surface area (Å²) in [6.07, 6.45) is 0.174. The predicted molar refractivity (Wildman–Crippen MR) is 108 cm³/mol. The second-order valence-corrected chi connectivity index (χ2v) is 9.77. The number of carbonyl (C=O) groups is 2. The number of nitrogens with zero attached hydrogens (tertiary/aromatic N) is 3. The summed E-state index contributed by atoms with van der Waals surface area (Å²) < 4.78 is 33.8. The van der Waals surface area contributed by atoms with Crippen molar-refractivity contribution in [1.82, 2.24) is 9.21 Å². The topological polar surface area (TPSA) is 87.2 Å². The van der Waals surface area contributed by atoms with Crippen LogP contribution in [0.2, 0.25) is 0 Å². The van der Waals surface area contributed by atoms with E-state index in [1.165, 1.54) is 16.1 Å². The molecule has 0 aliphatic carbocycles. The summed E-state index contributed by atoms with van der Waals surface area (Å²) in [5, 5.41) is 0.